The number of amides is 1. The van der Waals surface area contributed by atoms with Gasteiger partial charge >= 0.3 is 0 Å². The molecule has 0 saturated heterocycles. The highest BCUT2D eigenvalue weighted by Gasteiger charge is 2.25. The molecule has 3 heterocycles. The molecule has 0 bridgehead atoms. The van der Waals surface area contributed by atoms with E-state index in [1.165, 1.54) is 15.7 Å². The van der Waals surface area contributed by atoms with Crippen molar-refractivity contribution in [2.45, 2.75) is 11.2 Å². The molecule has 0 aliphatic heterocycles. The number of imidazole rings is 1. The molecule has 0 aliphatic carbocycles. The normalized spacial score (nSPS) is 12.8. The molecule has 1 aromatic carbocycles. The fourth-order valence-corrected chi connectivity index (χ4v) is 4.77. The summed E-state index contributed by atoms with van der Waals surface area (Å²) in [6.45, 7) is 0. The van der Waals surface area contributed by atoms with Crippen LogP contribution in [0.15, 0.2) is 71.3 Å². The van der Waals surface area contributed by atoms with E-state index in [-0.39, 0.29) is 10.9 Å². The number of rotatable bonds is 5. The summed E-state index contributed by atoms with van der Waals surface area (Å²) in [7, 11) is -3.61. The lowest BCUT2D eigenvalue weighted by atomic mass is 10.1. The fraction of sp³-hybridized carbons (Fsp3) is 0.100. The second-order valence-corrected chi connectivity index (χ2v) is 9.77. The Kier molecular flexibility index (Phi) is 5.16. The Balaban J connectivity index is 1.77. The van der Waals surface area contributed by atoms with Crippen LogP contribution < -0.4 is 5.32 Å². The average molecular weight is 446 g/mol. The molecule has 1 amide bonds. The van der Waals surface area contributed by atoms with E-state index in [0.29, 0.717) is 10.5 Å². The van der Waals surface area contributed by atoms with Crippen LogP contribution in [0, 0.1) is 0 Å². The van der Waals surface area contributed by atoms with E-state index in [2.05, 4.69) is 10.3 Å². The zero-order valence-corrected chi connectivity index (χ0v) is 17.6. The van der Waals surface area contributed by atoms with Crippen LogP contribution in [0.2, 0.25) is 5.02 Å². The molecule has 3 aromatic heterocycles. The summed E-state index contributed by atoms with van der Waals surface area (Å²) in [4.78, 5) is 18.2. The summed E-state index contributed by atoms with van der Waals surface area (Å²) in [6, 6.07) is 15.7. The molecule has 6 nitrogen and oxygen atoms in total. The Labute approximate surface area is 176 Å². The number of thiophene rings is 1. The predicted octanol–water partition coefficient (Wildman–Crippen LogP) is 3.97. The maximum atomic E-state index is 13.1. The number of hydrogen-bond donors (Lipinski definition) is 1. The van der Waals surface area contributed by atoms with Crippen molar-refractivity contribution in [1.82, 2.24) is 14.7 Å². The molecule has 0 aliphatic rings. The summed E-state index contributed by atoms with van der Waals surface area (Å²) < 4.78 is 25.6. The van der Waals surface area contributed by atoms with Gasteiger partial charge in [0.05, 0.1) is 11.6 Å². The lowest BCUT2D eigenvalue weighted by Crippen LogP contribution is -2.29. The number of aromatic nitrogens is 2. The van der Waals surface area contributed by atoms with Gasteiger partial charge in [-0.15, -0.1) is 11.3 Å². The van der Waals surface area contributed by atoms with Crippen LogP contribution in [-0.4, -0.2) is 30.0 Å². The standard InChI is InChI=1S/C20H16ClN3O3S2/c1-29(26,27)20-23-18(15-5-2-3-11-24(15)20)19(25)22-17(16-6-4-12-28-16)13-7-9-14(21)10-8-13/h2-12,17H,1H3,(H,22,25). The number of halogens is 1. The minimum absolute atomic E-state index is 0.0570. The molecule has 0 saturated carbocycles. The second kappa shape index (κ2) is 7.62. The number of hydrogen-bond acceptors (Lipinski definition) is 5. The molecule has 4 rings (SSSR count). The number of fused-ring (bicyclic) bond motifs is 1. The van der Waals surface area contributed by atoms with Crippen LogP contribution in [0.25, 0.3) is 5.52 Å². The predicted molar refractivity (Wildman–Crippen MR) is 113 cm³/mol. The van der Waals surface area contributed by atoms with Gasteiger partial charge in [-0.1, -0.05) is 35.9 Å². The molecule has 0 radical (unpaired) electrons. The van der Waals surface area contributed by atoms with E-state index in [4.69, 9.17) is 11.6 Å². The topological polar surface area (TPSA) is 80.5 Å². The van der Waals surface area contributed by atoms with Crippen LogP contribution >= 0.6 is 22.9 Å². The van der Waals surface area contributed by atoms with Crippen LogP contribution in [0.4, 0.5) is 0 Å². The zero-order valence-electron chi connectivity index (χ0n) is 15.2. The number of carbonyl (C=O) groups is 1. The Morgan fingerprint density at radius 1 is 1.14 bits per heavy atom. The van der Waals surface area contributed by atoms with Gasteiger partial charge in [0.15, 0.2) is 5.69 Å². The molecule has 9 heteroatoms. The number of pyridine rings is 1. The van der Waals surface area contributed by atoms with Crippen molar-refractivity contribution in [3.8, 4) is 0 Å². The zero-order chi connectivity index (χ0) is 20.6. The Hall–Kier alpha value is -2.68. The van der Waals surface area contributed by atoms with Crippen molar-refractivity contribution < 1.29 is 13.2 Å². The van der Waals surface area contributed by atoms with Gasteiger partial charge in [-0.3, -0.25) is 9.20 Å². The van der Waals surface area contributed by atoms with Gasteiger partial charge in [-0.2, -0.15) is 0 Å². The van der Waals surface area contributed by atoms with Crippen molar-refractivity contribution in [1.29, 1.82) is 0 Å². The Bertz CT molecular complexity index is 1280. The van der Waals surface area contributed by atoms with Crippen LogP contribution in [0.1, 0.15) is 27.0 Å². The second-order valence-electron chi connectivity index (χ2n) is 6.44. The highest BCUT2D eigenvalue weighted by atomic mass is 35.5. The van der Waals surface area contributed by atoms with E-state index in [9.17, 15) is 13.2 Å². The van der Waals surface area contributed by atoms with E-state index < -0.39 is 21.8 Å². The SMILES string of the molecule is CS(=O)(=O)c1nc(C(=O)NC(c2ccc(Cl)cc2)c2cccs2)c2ccccn12. The first-order valence-corrected chi connectivity index (χ1v) is 11.8. The molecule has 1 N–H and O–H groups in total. The number of nitrogens with zero attached hydrogens (tertiary/aromatic N) is 2. The highest BCUT2D eigenvalue weighted by Crippen LogP contribution is 2.28. The largest absolute Gasteiger partial charge is 0.339 e. The van der Waals surface area contributed by atoms with Gasteiger partial charge in [-0.05, 0) is 41.3 Å². The minimum atomic E-state index is -3.61. The van der Waals surface area contributed by atoms with Gasteiger partial charge in [0, 0.05) is 22.4 Å². The lowest BCUT2D eigenvalue weighted by molar-refractivity contribution is 0.0940. The van der Waals surface area contributed by atoms with Crippen LogP contribution in [-0.2, 0) is 9.84 Å². The molecule has 148 valence electrons. The summed E-state index contributed by atoms with van der Waals surface area (Å²) >= 11 is 7.51. The van der Waals surface area contributed by atoms with Crippen molar-refractivity contribution in [3.63, 3.8) is 0 Å². The third-order valence-corrected chi connectivity index (χ3v) is 6.51. The van der Waals surface area contributed by atoms with Crippen molar-refractivity contribution in [2.24, 2.45) is 0 Å². The quantitative estimate of drug-likeness (QED) is 0.504. The van der Waals surface area contributed by atoms with Gasteiger partial charge in [0.1, 0.15) is 0 Å². The lowest BCUT2D eigenvalue weighted by Gasteiger charge is -2.17. The number of sulfone groups is 1. The van der Waals surface area contributed by atoms with E-state index in [0.717, 1.165) is 16.7 Å². The van der Waals surface area contributed by atoms with E-state index in [1.807, 2.05) is 29.6 Å². The van der Waals surface area contributed by atoms with Crippen molar-refractivity contribution in [3.05, 3.63) is 87.3 Å². The first-order chi connectivity index (χ1) is 13.8. The van der Waals surface area contributed by atoms with E-state index in [1.54, 1.807) is 36.5 Å². The van der Waals surface area contributed by atoms with Gasteiger partial charge in [-0.25, -0.2) is 13.4 Å². The Morgan fingerprint density at radius 3 is 2.55 bits per heavy atom. The van der Waals surface area contributed by atoms with Crippen molar-refractivity contribution >= 4 is 44.2 Å². The summed E-state index contributed by atoms with van der Waals surface area (Å²) in [5, 5.41) is 5.35. The smallest absolute Gasteiger partial charge is 0.272 e. The van der Waals surface area contributed by atoms with Gasteiger partial charge in [0.25, 0.3) is 5.91 Å². The molecule has 1 atom stereocenters. The number of nitrogens with one attached hydrogen (secondary N) is 1. The van der Waals surface area contributed by atoms with Crippen molar-refractivity contribution in [2.75, 3.05) is 6.26 Å². The number of benzene rings is 1. The molecule has 0 spiro atoms. The van der Waals surface area contributed by atoms with Gasteiger partial charge in [0.2, 0.25) is 15.0 Å². The molecule has 4 aromatic rings. The third kappa shape index (κ3) is 3.91. The fourth-order valence-electron chi connectivity index (χ4n) is 3.07. The van der Waals surface area contributed by atoms with E-state index >= 15 is 0 Å². The maximum Gasteiger partial charge on any atom is 0.272 e. The molecular formula is C20H16ClN3O3S2. The average Bonchev–Trinajstić information content (AvgIpc) is 3.34. The Morgan fingerprint density at radius 2 is 1.90 bits per heavy atom. The van der Waals surface area contributed by atoms with Crippen LogP contribution in [0.3, 0.4) is 0 Å². The monoisotopic (exact) mass is 445 g/mol. The highest BCUT2D eigenvalue weighted by molar-refractivity contribution is 7.90. The summed E-state index contributed by atoms with van der Waals surface area (Å²) in [5.74, 6) is -0.461. The maximum absolute atomic E-state index is 13.1. The first-order valence-electron chi connectivity index (χ1n) is 8.61. The minimum Gasteiger partial charge on any atom is -0.339 e. The molecule has 29 heavy (non-hydrogen) atoms. The molecule has 0 fully saturated rings. The summed E-state index contributed by atoms with van der Waals surface area (Å²) in [5.41, 5.74) is 1.34. The third-order valence-electron chi connectivity index (χ3n) is 4.37. The molecule has 1 unspecified atom stereocenters. The number of carbonyl (C=O) groups excluding carboxylic acids is 1. The van der Waals surface area contributed by atoms with Gasteiger partial charge < -0.3 is 5.32 Å². The molecular weight excluding hydrogens is 430 g/mol. The first kappa shape index (κ1) is 19.6. The van der Waals surface area contributed by atoms with Crippen LogP contribution in [0.5, 0.6) is 0 Å². The summed E-state index contributed by atoms with van der Waals surface area (Å²) in [6.07, 6.45) is 2.64.